The van der Waals surface area contributed by atoms with Gasteiger partial charge in [-0.1, -0.05) is 47.5 Å². The summed E-state index contributed by atoms with van der Waals surface area (Å²) < 4.78 is 0. The predicted molar refractivity (Wildman–Crippen MR) is 103 cm³/mol. The molecular weight excluding hydrogens is 334 g/mol. The van der Waals surface area contributed by atoms with E-state index in [1.165, 1.54) is 5.56 Å². The van der Waals surface area contributed by atoms with E-state index in [0.29, 0.717) is 13.1 Å². The number of rotatable bonds is 5. The second kappa shape index (κ2) is 8.37. The molecule has 0 aromatic heterocycles. The number of anilines is 1. The van der Waals surface area contributed by atoms with E-state index in [-0.39, 0.29) is 5.91 Å². The van der Waals surface area contributed by atoms with Crippen LogP contribution in [0.15, 0.2) is 48.5 Å². The Morgan fingerprint density at radius 3 is 2.48 bits per heavy atom. The third-order valence-corrected chi connectivity index (χ3v) is 4.76. The minimum Gasteiger partial charge on any atom is -0.369 e. The summed E-state index contributed by atoms with van der Waals surface area (Å²) in [5.74, 6) is 0.0804. The Hall–Kier alpha value is -2.04. The molecule has 1 N–H and O–H groups in total. The molecule has 0 saturated carbocycles. The lowest BCUT2D eigenvalue weighted by Gasteiger charge is -2.35. The quantitative estimate of drug-likeness (QED) is 0.893. The summed E-state index contributed by atoms with van der Waals surface area (Å²) in [6.07, 6.45) is 0. The van der Waals surface area contributed by atoms with Gasteiger partial charge in [0, 0.05) is 43.4 Å². The third kappa shape index (κ3) is 5.21. The number of piperazine rings is 1. The standard InChI is InChI=1S/C20H24ClN3O/c1-16-5-7-17(8-6-16)14-22-20(25)15-23-9-11-24(12-10-23)19-4-2-3-18(21)13-19/h2-8,13H,9-12,14-15H2,1H3,(H,22,25). The van der Waals surface area contributed by atoms with Crippen LogP contribution in [-0.4, -0.2) is 43.5 Å². The average molecular weight is 358 g/mol. The lowest BCUT2D eigenvalue weighted by Crippen LogP contribution is -2.49. The number of nitrogens with zero attached hydrogens (tertiary/aromatic N) is 2. The molecule has 1 fully saturated rings. The first-order chi connectivity index (χ1) is 12.1. The van der Waals surface area contributed by atoms with Crippen molar-refractivity contribution in [2.75, 3.05) is 37.6 Å². The van der Waals surface area contributed by atoms with Crippen LogP contribution in [0, 0.1) is 6.92 Å². The van der Waals surface area contributed by atoms with Crippen LogP contribution in [0.5, 0.6) is 0 Å². The van der Waals surface area contributed by atoms with Crippen molar-refractivity contribution in [3.05, 3.63) is 64.7 Å². The zero-order valence-corrected chi connectivity index (χ0v) is 15.3. The summed E-state index contributed by atoms with van der Waals surface area (Å²) >= 11 is 6.07. The largest absolute Gasteiger partial charge is 0.369 e. The van der Waals surface area contributed by atoms with Gasteiger partial charge in [-0.15, -0.1) is 0 Å². The summed E-state index contributed by atoms with van der Waals surface area (Å²) in [5.41, 5.74) is 3.51. The Kier molecular flexibility index (Phi) is 5.95. The minimum atomic E-state index is 0.0804. The summed E-state index contributed by atoms with van der Waals surface area (Å²) in [6, 6.07) is 16.2. The molecule has 25 heavy (non-hydrogen) atoms. The molecule has 1 amide bonds. The topological polar surface area (TPSA) is 35.6 Å². The van der Waals surface area contributed by atoms with Crippen LogP contribution in [0.4, 0.5) is 5.69 Å². The molecule has 1 aliphatic rings. The highest BCUT2D eigenvalue weighted by molar-refractivity contribution is 6.30. The number of amides is 1. The first-order valence-corrected chi connectivity index (χ1v) is 9.03. The SMILES string of the molecule is Cc1ccc(CNC(=O)CN2CCN(c3cccc(Cl)c3)CC2)cc1. The van der Waals surface area contributed by atoms with E-state index in [1.54, 1.807) is 0 Å². The Morgan fingerprint density at radius 1 is 1.08 bits per heavy atom. The fourth-order valence-electron chi connectivity index (χ4n) is 3.00. The maximum Gasteiger partial charge on any atom is 0.234 e. The number of carbonyl (C=O) groups excluding carboxylic acids is 1. The molecule has 0 spiro atoms. The number of aryl methyl sites for hydroxylation is 1. The monoisotopic (exact) mass is 357 g/mol. The van der Waals surface area contributed by atoms with Gasteiger partial charge in [-0.2, -0.15) is 0 Å². The van der Waals surface area contributed by atoms with Gasteiger partial charge in [-0.3, -0.25) is 9.69 Å². The molecule has 0 radical (unpaired) electrons. The molecule has 3 rings (SSSR count). The maximum atomic E-state index is 12.2. The van der Waals surface area contributed by atoms with Crippen LogP contribution in [0.2, 0.25) is 5.02 Å². The molecule has 0 bridgehead atoms. The second-order valence-electron chi connectivity index (χ2n) is 6.51. The molecule has 1 aliphatic heterocycles. The molecule has 0 atom stereocenters. The lowest BCUT2D eigenvalue weighted by molar-refractivity contribution is -0.122. The smallest absolute Gasteiger partial charge is 0.234 e. The van der Waals surface area contributed by atoms with Gasteiger partial charge in [0.05, 0.1) is 6.54 Å². The first-order valence-electron chi connectivity index (χ1n) is 8.65. The Labute approximate surface area is 154 Å². The number of benzene rings is 2. The summed E-state index contributed by atoms with van der Waals surface area (Å²) in [5, 5.41) is 3.76. The molecule has 132 valence electrons. The van der Waals surface area contributed by atoms with Gasteiger partial charge in [-0.25, -0.2) is 0 Å². The van der Waals surface area contributed by atoms with Crippen molar-refractivity contribution >= 4 is 23.2 Å². The summed E-state index contributed by atoms with van der Waals surface area (Å²) in [7, 11) is 0. The van der Waals surface area contributed by atoms with Crippen LogP contribution in [0.1, 0.15) is 11.1 Å². The van der Waals surface area contributed by atoms with Crippen molar-refractivity contribution in [2.45, 2.75) is 13.5 Å². The van der Waals surface area contributed by atoms with Gasteiger partial charge in [-0.05, 0) is 30.7 Å². The fourth-order valence-corrected chi connectivity index (χ4v) is 3.19. The molecule has 0 unspecified atom stereocenters. The number of nitrogens with one attached hydrogen (secondary N) is 1. The van der Waals surface area contributed by atoms with Crippen molar-refractivity contribution in [2.24, 2.45) is 0 Å². The van der Waals surface area contributed by atoms with Crippen molar-refractivity contribution < 1.29 is 4.79 Å². The Balaban J connectivity index is 1.42. The molecule has 0 aliphatic carbocycles. The van der Waals surface area contributed by atoms with E-state index in [0.717, 1.165) is 42.5 Å². The zero-order chi connectivity index (χ0) is 17.6. The van der Waals surface area contributed by atoms with Gasteiger partial charge >= 0.3 is 0 Å². The molecule has 2 aromatic rings. The van der Waals surface area contributed by atoms with Gasteiger partial charge in [0.1, 0.15) is 0 Å². The normalized spacial score (nSPS) is 15.2. The van der Waals surface area contributed by atoms with Crippen molar-refractivity contribution in [1.29, 1.82) is 0 Å². The van der Waals surface area contributed by atoms with E-state index < -0.39 is 0 Å². The molecule has 5 heteroatoms. The number of hydrogen-bond acceptors (Lipinski definition) is 3. The average Bonchev–Trinajstić information content (AvgIpc) is 2.62. The Morgan fingerprint density at radius 2 is 1.80 bits per heavy atom. The molecule has 1 saturated heterocycles. The summed E-state index contributed by atoms with van der Waals surface area (Å²) in [4.78, 5) is 16.7. The zero-order valence-electron chi connectivity index (χ0n) is 14.5. The van der Waals surface area contributed by atoms with E-state index >= 15 is 0 Å². The lowest BCUT2D eigenvalue weighted by atomic mass is 10.1. The minimum absolute atomic E-state index is 0.0804. The van der Waals surface area contributed by atoms with Crippen LogP contribution in [0.3, 0.4) is 0 Å². The highest BCUT2D eigenvalue weighted by Gasteiger charge is 2.19. The number of halogens is 1. The van der Waals surface area contributed by atoms with Gasteiger partial charge < -0.3 is 10.2 Å². The van der Waals surface area contributed by atoms with Crippen molar-refractivity contribution in [3.63, 3.8) is 0 Å². The number of carbonyl (C=O) groups is 1. The van der Waals surface area contributed by atoms with E-state index in [2.05, 4.69) is 52.4 Å². The van der Waals surface area contributed by atoms with Crippen LogP contribution < -0.4 is 10.2 Å². The highest BCUT2D eigenvalue weighted by Crippen LogP contribution is 2.20. The van der Waals surface area contributed by atoms with E-state index in [4.69, 9.17) is 11.6 Å². The van der Waals surface area contributed by atoms with Crippen molar-refractivity contribution in [3.8, 4) is 0 Å². The summed E-state index contributed by atoms with van der Waals surface area (Å²) in [6.45, 7) is 6.67. The van der Waals surface area contributed by atoms with Crippen LogP contribution in [0.25, 0.3) is 0 Å². The van der Waals surface area contributed by atoms with Gasteiger partial charge in [0.25, 0.3) is 0 Å². The number of hydrogen-bond donors (Lipinski definition) is 1. The highest BCUT2D eigenvalue weighted by atomic mass is 35.5. The Bertz CT molecular complexity index is 709. The van der Waals surface area contributed by atoms with Crippen LogP contribution in [-0.2, 0) is 11.3 Å². The van der Waals surface area contributed by atoms with E-state index in [1.807, 2.05) is 18.2 Å². The van der Waals surface area contributed by atoms with Crippen molar-refractivity contribution in [1.82, 2.24) is 10.2 Å². The maximum absolute atomic E-state index is 12.2. The first kappa shape index (κ1) is 17.8. The van der Waals surface area contributed by atoms with Gasteiger partial charge in [0.2, 0.25) is 5.91 Å². The molecular formula is C20H24ClN3O. The second-order valence-corrected chi connectivity index (χ2v) is 6.94. The third-order valence-electron chi connectivity index (χ3n) is 4.52. The fraction of sp³-hybridized carbons (Fsp3) is 0.350. The van der Waals surface area contributed by atoms with Crippen LogP contribution >= 0.6 is 11.6 Å². The predicted octanol–water partition coefficient (Wildman–Crippen LogP) is 3.09. The molecule has 2 aromatic carbocycles. The van der Waals surface area contributed by atoms with Gasteiger partial charge in [0.15, 0.2) is 0 Å². The molecule has 4 nitrogen and oxygen atoms in total. The molecule has 1 heterocycles. The van der Waals surface area contributed by atoms with E-state index in [9.17, 15) is 4.79 Å².